The zero-order chi connectivity index (χ0) is 20.1. The number of hydrogen-bond acceptors (Lipinski definition) is 3. The lowest BCUT2D eigenvalue weighted by atomic mass is 9.93. The standard InChI is InChI=1S/C21H24F2N2O2S/c1-24(2)21-15-3-4-16(21)13-25(12-15)28(26,27)20-7-5-14(6-8-20)17-9-18(22)11-19(23)10-17/h5-11,15-16,21H,3-4,12-13H2,1-2H3/t15-,16+,21?. The second-order valence-corrected chi connectivity index (χ2v) is 9.99. The molecule has 3 atom stereocenters. The van der Waals surface area contributed by atoms with Crippen LogP contribution in [-0.2, 0) is 10.0 Å². The summed E-state index contributed by atoms with van der Waals surface area (Å²) >= 11 is 0. The van der Waals surface area contributed by atoms with Crippen LogP contribution in [-0.4, -0.2) is 50.8 Å². The van der Waals surface area contributed by atoms with Crippen molar-refractivity contribution in [2.24, 2.45) is 11.8 Å². The lowest BCUT2D eigenvalue weighted by Crippen LogP contribution is -2.52. The second-order valence-electron chi connectivity index (χ2n) is 8.06. The smallest absolute Gasteiger partial charge is 0.243 e. The number of hydrogen-bond donors (Lipinski definition) is 0. The number of halogens is 2. The predicted octanol–water partition coefficient (Wildman–Crippen LogP) is 3.59. The quantitative estimate of drug-likeness (QED) is 0.779. The highest BCUT2D eigenvalue weighted by atomic mass is 32.2. The summed E-state index contributed by atoms with van der Waals surface area (Å²) in [7, 11) is 0.542. The molecule has 0 radical (unpaired) electrons. The zero-order valence-corrected chi connectivity index (χ0v) is 16.8. The van der Waals surface area contributed by atoms with Gasteiger partial charge in [-0.3, -0.25) is 0 Å². The van der Waals surface area contributed by atoms with Gasteiger partial charge < -0.3 is 4.90 Å². The summed E-state index contributed by atoms with van der Waals surface area (Å²) in [5, 5.41) is 0. The fourth-order valence-electron chi connectivity index (χ4n) is 4.88. The van der Waals surface area contributed by atoms with E-state index in [1.165, 1.54) is 24.3 Å². The van der Waals surface area contributed by atoms with Gasteiger partial charge in [-0.15, -0.1) is 0 Å². The summed E-state index contributed by atoms with van der Waals surface area (Å²) in [6.07, 6.45) is 2.12. The Morgan fingerprint density at radius 1 is 0.893 bits per heavy atom. The Balaban J connectivity index is 1.57. The van der Waals surface area contributed by atoms with Crippen LogP contribution in [0.1, 0.15) is 12.8 Å². The Hall–Kier alpha value is -1.83. The molecule has 4 rings (SSSR count). The Morgan fingerprint density at radius 3 is 1.93 bits per heavy atom. The average molecular weight is 406 g/mol. The van der Waals surface area contributed by atoms with Crippen LogP contribution in [0.25, 0.3) is 11.1 Å². The third-order valence-corrected chi connectivity index (χ3v) is 7.88. The molecule has 2 aromatic rings. The molecule has 28 heavy (non-hydrogen) atoms. The van der Waals surface area contributed by atoms with Crippen LogP contribution < -0.4 is 0 Å². The number of nitrogens with zero attached hydrogens (tertiary/aromatic N) is 2. The Morgan fingerprint density at radius 2 is 1.43 bits per heavy atom. The molecule has 7 heteroatoms. The van der Waals surface area contributed by atoms with Gasteiger partial charge in [0.05, 0.1) is 4.90 Å². The molecular weight excluding hydrogens is 382 g/mol. The minimum Gasteiger partial charge on any atom is -0.306 e. The first kappa shape index (κ1) is 19.5. The van der Waals surface area contributed by atoms with E-state index < -0.39 is 21.7 Å². The lowest BCUT2D eigenvalue weighted by molar-refractivity contribution is 0.118. The number of fused-ring (bicyclic) bond motifs is 2. The first-order valence-electron chi connectivity index (χ1n) is 9.49. The first-order valence-corrected chi connectivity index (χ1v) is 10.9. The molecular formula is C21H24F2N2O2S. The number of benzene rings is 2. The molecule has 0 N–H and O–H groups in total. The fourth-order valence-corrected chi connectivity index (χ4v) is 6.43. The van der Waals surface area contributed by atoms with Gasteiger partial charge in [-0.05, 0) is 74.2 Å². The molecule has 150 valence electrons. The van der Waals surface area contributed by atoms with E-state index >= 15 is 0 Å². The molecule has 1 aliphatic heterocycles. The molecule has 1 heterocycles. The van der Waals surface area contributed by atoms with E-state index in [1.807, 2.05) is 0 Å². The van der Waals surface area contributed by atoms with Crippen molar-refractivity contribution in [3.05, 3.63) is 54.1 Å². The van der Waals surface area contributed by atoms with Crippen LogP contribution in [0.3, 0.4) is 0 Å². The summed E-state index contributed by atoms with van der Waals surface area (Å²) in [5.74, 6) is -0.604. The highest BCUT2D eigenvalue weighted by Crippen LogP contribution is 2.41. The van der Waals surface area contributed by atoms with Gasteiger partial charge in [0, 0.05) is 25.2 Å². The van der Waals surface area contributed by atoms with Gasteiger partial charge in [-0.1, -0.05) is 12.1 Å². The molecule has 2 aliphatic rings. The third kappa shape index (κ3) is 3.47. The van der Waals surface area contributed by atoms with Crippen molar-refractivity contribution < 1.29 is 17.2 Å². The van der Waals surface area contributed by atoms with Crippen molar-refractivity contribution >= 4 is 10.0 Å². The summed E-state index contributed by atoms with van der Waals surface area (Å²) in [4.78, 5) is 2.44. The van der Waals surface area contributed by atoms with Crippen LogP contribution in [0.15, 0.2) is 47.4 Å². The summed E-state index contributed by atoms with van der Waals surface area (Å²) in [6, 6.07) is 9.96. The van der Waals surface area contributed by atoms with Crippen molar-refractivity contribution in [2.45, 2.75) is 23.8 Å². The molecule has 2 fully saturated rings. The average Bonchev–Trinajstić information content (AvgIpc) is 2.91. The number of sulfonamides is 1. The Kier molecular flexibility index (Phi) is 5.02. The van der Waals surface area contributed by atoms with Crippen molar-refractivity contribution in [3.63, 3.8) is 0 Å². The fraction of sp³-hybridized carbons (Fsp3) is 0.429. The molecule has 4 nitrogen and oxygen atoms in total. The van der Waals surface area contributed by atoms with E-state index in [1.54, 1.807) is 16.4 Å². The van der Waals surface area contributed by atoms with Crippen LogP contribution >= 0.6 is 0 Å². The molecule has 0 amide bonds. The van der Waals surface area contributed by atoms with Gasteiger partial charge in [0.25, 0.3) is 0 Å². The van der Waals surface area contributed by atoms with Crippen molar-refractivity contribution in [1.82, 2.24) is 9.21 Å². The maximum atomic E-state index is 13.4. The SMILES string of the molecule is CN(C)C1[C@@H]2CC[C@H]1CN(S(=O)(=O)c1ccc(-c3cc(F)cc(F)c3)cc1)C2. The number of piperidine rings is 1. The maximum absolute atomic E-state index is 13.4. The molecule has 1 saturated heterocycles. The largest absolute Gasteiger partial charge is 0.306 e. The summed E-state index contributed by atoms with van der Waals surface area (Å²) in [6.45, 7) is 1.08. The van der Waals surface area contributed by atoms with Gasteiger partial charge in [0.1, 0.15) is 11.6 Å². The minimum absolute atomic E-state index is 0.218. The summed E-state index contributed by atoms with van der Waals surface area (Å²) < 4.78 is 54.8. The molecule has 0 spiro atoms. The maximum Gasteiger partial charge on any atom is 0.243 e. The van der Waals surface area contributed by atoms with E-state index in [9.17, 15) is 17.2 Å². The predicted molar refractivity (Wildman–Crippen MR) is 104 cm³/mol. The molecule has 0 aromatic heterocycles. The highest BCUT2D eigenvalue weighted by molar-refractivity contribution is 7.89. The van der Waals surface area contributed by atoms with Crippen molar-refractivity contribution in [2.75, 3.05) is 27.2 Å². The van der Waals surface area contributed by atoms with E-state index in [4.69, 9.17) is 0 Å². The van der Waals surface area contributed by atoms with Crippen molar-refractivity contribution in [1.29, 1.82) is 0 Å². The highest BCUT2D eigenvalue weighted by Gasteiger charge is 2.46. The van der Waals surface area contributed by atoms with E-state index in [0.717, 1.165) is 18.9 Å². The molecule has 1 saturated carbocycles. The van der Waals surface area contributed by atoms with Gasteiger partial charge in [0.2, 0.25) is 10.0 Å². The van der Waals surface area contributed by atoms with Gasteiger partial charge >= 0.3 is 0 Å². The lowest BCUT2D eigenvalue weighted by Gasteiger charge is -2.40. The Bertz CT molecular complexity index is 942. The van der Waals surface area contributed by atoms with Gasteiger partial charge in [0.15, 0.2) is 0 Å². The van der Waals surface area contributed by atoms with Gasteiger partial charge in [-0.2, -0.15) is 4.31 Å². The second kappa shape index (κ2) is 7.21. The summed E-state index contributed by atoms with van der Waals surface area (Å²) in [5.41, 5.74) is 0.954. The topological polar surface area (TPSA) is 40.6 Å². The zero-order valence-electron chi connectivity index (χ0n) is 16.0. The molecule has 1 aliphatic carbocycles. The molecule has 2 aromatic carbocycles. The minimum atomic E-state index is -3.59. The monoisotopic (exact) mass is 406 g/mol. The van der Waals surface area contributed by atoms with Crippen LogP contribution in [0.5, 0.6) is 0 Å². The van der Waals surface area contributed by atoms with Gasteiger partial charge in [-0.25, -0.2) is 17.2 Å². The normalized spacial score (nSPS) is 25.4. The van der Waals surface area contributed by atoms with Crippen LogP contribution in [0.4, 0.5) is 8.78 Å². The van der Waals surface area contributed by atoms with E-state index in [0.29, 0.717) is 42.1 Å². The van der Waals surface area contributed by atoms with Crippen LogP contribution in [0.2, 0.25) is 0 Å². The van der Waals surface area contributed by atoms with E-state index in [-0.39, 0.29) is 4.90 Å². The first-order chi connectivity index (χ1) is 13.3. The third-order valence-electron chi connectivity index (χ3n) is 6.03. The van der Waals surface area contributed by atoms with Crippen molar-refractivity contribution in [3.8, 4) is 11.1 Å². The van der Waals surface area contributed by atoms with Crippen LogP contribution in [0, 0.1) is 23.5 Å². The number of rotatable bonds is 4. The molecule has 1 unspecified atom stereocenters. The van der Waals surface area contributed by atoms with E-state index in [2.05, 4.69) is 19.0 Å². The molecule has 2 bridgehead atoms. The Labute approximate surface area is 164 Å².